The van der Waals surface area contributed by atoms with Gasteiger partial charge in [0.15, 0.2) is 0 Å². The first-order chi connectivity index (χ1) is 7.59. The number of carbonyl (C=O) groups is 1. The molecule has 0 N–H and O–H groups in total. The summed E-state index contributed by atoms with van der Waals surface area (Å²) in [7, 11) is 1.83. The highest BCUT2D eigenvalue weighted by Gasteiger charge is 2.26. The van der Waals surface area contributed by atoms with Crippen LogP contribution in [0, 0.1) is 5.92 Å². The largest absolute Gasteiger partial charge is 0.341 e. The maximum atomic E-state index is 12.1. The number of halogens is 2. The number of nitrogens with zero attached hydrogens (tertiary/aromatic N) is 1. The average Bonchev–Trinajstić information content (AvgIpc) is 3.05. The van der Waals surface area contributed by atoms with Crippen LogP contribution in [0.2, 0.25) is 5.02 Å². The van der Waals surface area contributed by atoms with Gasteiger partial charge in [0.25, 0.3) is 5.91 Å². The van der Waals surface area contributed by atoms with Crippen LogP contribution in [0.5, 0.6) is 0 Å². The molecule has 1 amide bonds. The van der Waals surface area contributed by atoms with E-state index in [0.717, 1.165) is 11.0 Å². The molecule has 2 rings (SSSR count). The van der Waals surface area contributed by atoms with Gasteiger partial charge in [-0.3, -0.25) is 4.79 Å². The lowest BCUT2D eigenvalue weighted by molar-refractivity contribution is 0.0789. The molecule has 0 aromatic heterocycles. The number of carbonyl (C=O) groups excluding carboxylic acids is 1. The van der Waals surface area contributed by atoms with E-state index >= 15 is 0 Å². The Morgan fingerprint density at radius 1 is 1.56 bits per heavy atom. The SMILES string of the molecule is CN(CC1CC1)C(=O)c1cccc(Br)c1Cl. The van der Waals surface area contributed by atoms with E-state index in [0.29, 0.717) is 16.5 Å². The molecule has 4 heteroatoms. The van der Waals surface area contributed by atoms with Crippen molar-refractivity contribution in [2.24, 2.45) is 5.92 Å². The molecule has 0 atom stereocenters. The molecule has 86 valence electrons. The zero-order valence-corrected chi connectivity index (χ0v) is 11.4. The van der Waals surface area contributed by atoms with Crippen molar-refractivity contribution in [1.29, 1.82) is 0 Å². The Kier molecular flexibility index (Phi) is 3.55. The highest BCUT2D eigenvalue weighted by atomic mass is 79.9. The Balaban J connectivity index is 2.15. The summed E-state index contributed by atoms with van der Waals surface area (Å²) in [5, 5.41) is 0.496. The van der Waals surface area contributed by atoms with E-state index in [4.69, 9.17) is 11.6 Å². The van der Waals surface area contributed by atoms with Crippen LogP contribution in [0.25, 0.3) is 0 Å². The van der Waals surface area contributed by atoms with Crippen molar-refractivity contribution in [2.75, 3.05) is 13.6 Å². The van der Waals surface area contributed by atoms with E-state index in [2.05, 4.69) is 15.9 Å². The van der Waals surface area contributed by atoms with E-state index in [1.54, 1.807) is 11.0 Å². The number of hydrogen-bond acceptors (Lipinski definition) is 1. The molecule has 0 radical (unpaired) electrons. The second-order valence-corrected chi connectivity index (χ2v) is 5.46. The van der Waals surface area contributed by atoms with Crippen LogP contribution in [0.15, 0.2) is 22.7 Å². The van der Waals surface area contributed by atoms with Crippen LogP contribution in [0.3, 0.4) is 0 Å². The van der Waals surface area contributed by atoms with Crippen molar-refractivity contribution in [2.45, 2.75) is 12.8 Å². The van der Waals surface area contributed by atoms with Gasteiger partial charge in [-0.1, -0.05) is 17.7 Å². The third-order valence-electron chi connectivity index (χ3n) is 2.76. The minimum absolute atomic E-state index is 0.00167. The molecular weight excluding hydrogens is 289 g/mol. The predicted octanol–water partition coefficient (Wildman–Crippen LogP) is 3.58. The van der Waals surface area contributed by atoms with Gasteiger partial charge >= 0.3 is 0 Å². The minimum atomic E-state index is -0.00167. The van der Waals surface area contributed by atoms with Gasteiger partial charge in [-0.15, -0.1) is 0 Å². The second kappa shape index (κ2) is 4.76. The number of amides is 1. The summed E-state index contributed by atoms with van der Waals surface area (Å²) < 4.78 is 0.764. The van der Waals surface area contributed by atoms with E-state index in [1.165, 1.54) is 12.8 Å². The standard InChI is InChI=1S/C12H13BrClNO/c1-15(7-8-5-6-8)12(16)9-3-2-4-10(13)11(9)14/h2-4,8H,5-7H2,1H3. The van der Waals surface area contributed by atoms with Gasteiger partial charge in [0.1, 0.15) is 0 Å². The van der Waals surface area contributed by atoms with Gasteiger partial charge in [0.05, 0.1) is 10.6 Å². The molecule has 0 heterocycles. The first-order valence-electron chi connectivity index (χ1n) is 5.29. The van der Waals surface area contributed by atoms with E-state index in [9.17, 15) is 4.79 Å². The lowest BCUT2D eigenvalue weighted by atomic mass is 10.2. The Hall–Kier alpha value is -0.540. The number of hydrogen-bond donors (Lipinski definition) is 0. The van der Waals surface area contributed by atoms with Crippen molar-refractivity contribution in [3.8, 4) is 0 Å². The van der Waals surface area contributed by atoms with Crippen molar-refractivity contribution >= 4 is 33.4 Å². The summed E-state index contributed by atoms with van der Waals surface area (Å²) in [5.74, 6) is 0.693. The van der Waals surface area contributed by atoms with Gasteiger partial charge in [-0.2, -0.15) is 0 Å². The van der Waals surface area contributed by atoms with Gasteiger partial charge in [-0.05, 0) is 46.8 Å². The van der Waals surface area contributed by atoms with Crippen LogP contribution < -0.4 is 0 Å². The van der Waals surface area contributed by atoms with Crippen molar-refractivity contribution < 1.29 is 4.79 Å². The highest BCUT2D eigenvalue weighted by Crippen LogP contribution is 2.31. The summed E-state index contributed by atoms with van der Waals surface area (Å²) in [6.45, 7) is 0.835. The minimum Gasteiger partial charge on any atom is -0.341 e. The zero-order chi connectivity index (χ0) is 11.7. The third-order valence-corrected chi connectivity index (χ3v) is 4.05. The molecule has 16 heavy (non-hydrogen) atoms. The molecule has 1 aromatic carbocycles. The Morgan fingerprint density at radius 3 is 2.88 bits per heavy atom. The smallest absolute Gasteiger partial charge is 0.255 e. The fraction of sp³-hybridized carbons (Fsp3) is 0.417. The summed E-state index contributed by atoms with van der Waals surface area (Å²) in [6.07, 6.45) is 2.48. The van der Waals surface area contributed by atoms with Crippen LogP contribution in [0.1, 0.15) is 23.2 Å². The topological polar surface area (TPSA) is 20.3 Å². The molecule has 1 aliphatic carbocycles. The molecule has 1 aromatic rings. The Morgan fingerprint density at radius 2 is 2.25 bits per heavy atom. The van der Waals surface area contributed by atoms with Gasteiger partial charge in [0.2, 0.25) is 0 Å². The molecule has 0 aliphatic heterocycles. The zero-order valence-electron chi connectivity index (χ0n) is 9.04. The van der Waals surface area contributed by atoms with E-state index in [-0.39, 0.29) is 5.91 Å². The molecule has 2 nitrogen and oxygen atoms in total. The molecular formula is C12H13BrClNO. The first-order valence-corrected chi connectivity index (χ1v) is 6.46. The molecule has 0 bridgehead atoms. The van der Waals surface area contributed by atoms with Crippen LogP contribution >= 0.6 is 27.5 Å². The summed E-state index contributed by atoms with van der Waals surface area (Å²) in [5.41, 5.74) is 0.569. The van der Waals surface area contributed by atoms with Gasteiger partial charge < -0.3 is 4.90 Å². The van der Waals surface area contributed by atoms with Crippen molar-refractivity contribution in [3.63, 3.8) is 0 Å². The van der Waals surface area contributed by atoms with Gasteiger partial charge in [-0.25, -0.2) is 0 Å². The molecule has 0 spiro atoms. The number of rotatable bonds is 3. The normalized spacial score (nSPS) is 14.9. The quantitative estimate of drug-likeness (QED) is 0.835. The summed E-state index contributed by atoms with van der Waals surface area (Å²) in [6, 6.07) is 5.42. The summed E-state index contributed by atoms with van der Waals surface area (Å²) in [4.78, 5) is 13.9. The lowest BCUT2D eigenvalue weighted by Crippen LogP contribution is -2.28. The lowest BCUT2D eigenvalue weighted by Gasteiger charge is -2.17. The first kappa shape index (κ1) is 11.9. The van der Waals surface area contributed by atoms with Crippen LogP contribution in [-0.4, -0.2) is 24.4 Å². The van der Waals surface area contributed by atoms with Crippen LogP contribution in [0.4, 0.5) is 0 Å². The highest BCUT2D eigenvalue weighted by molar-refractivity contribution is 9.10. The average molecular weight is 303 g/mol. The Bertz CT molecular complexity index is 417. The van der Waals surface area contributed by atoms with Crippen molar-refractivity contribution in [1.82, 2.24) is 4.90 Å². The second-order valence-electron chi connectivity index (χ2n) is 4.23. The number of benzene rings is 1. The van der Waals surface area contributed by atoms with Crippen molar-refractivity contribution in [3.05, 3.63) is 33.3 Å². The molecule has 1 aliphatic rings. The maximum Gasteiger partial charge on any atom is 0.255 e. The van der Waals surface area contributed by atoms with E-state index in [1.807, 2.05) is 19.2 Å². The Labute approximate surface area is 109 Å². The molecule has 0 unspecified atom stereocenters. The fourth-order valence-electron chi connectivity index (χ4n) is 1.65. The summed E-state index contributed by atoms with van der Waals surface area (Å²) >= 11 is 9.41. The maximum absolute atomic E-state index is 12.1. The molecule has 1 fully saturated rings. The predicted molar refractivity (Wildman–Crippen MR) is 68.8 cm³/mol. The van der Waals surface area contributed by atoms with Gasteiger partial charge in [0, 0.05) is 18.1 Å². The van der Waals surface area contributed by atoms with Crippen LogP contribution in [-0.2, 0) is 0 Å². The monoisotopic (exact) mass is 301 g/mol. The third kappa shape index (κ3) is 2.58. The fourth-order valence-corrected chi connectivity index (χ4v) is 2.22. The molecule has 0 saturated heterocycles. The van der Waals surface area contributed by atoms with E-state index < -0.39 is 0 Å². The molecule has 1 saturated carbocycles.